The zero-order valence-corrected chi connectivity index (χ0v) is 17.0. The maximum Gasteiger partial charge on any atom is 0.256 e. The number of rotatable bonds is 3. The van der Waals surface area contributed by atoms with Gasteiger partial charge in [-0.2, -0.15) is 0 Å². The maximum absolute atomic E-state index is 12.9. The number of carbonyl (C=O) groups is 2. The number of hydrogen-bond donors (Lipinski definition) is 2. The summed E-state index contributed by atoms with van der Waals surface area (Å²) in [7, 11) is 0. The molecular formula is C24H23N3O4. The molecule has 31 heavy (non-hydrogen) atoms. The van der Waals surface area contributed by atoms with E-state index in [9.17, 15) is 19.5 Å². The van der Waals surface area contributed by atoms with E-state index in [1.165, 1.54) is 0 Å². The Bertz CT molecular complexity index is 1220. The van der Waals surface area contributed by atoms with Crippen molar-refractivity contribution >= 4 is 22.7 Å². The molecule has 1 aromatic heterocycles. The summed E-state index contributed by atoms with van der Waals surface area (Å²) in [4.78, 5) is 43.9. The largest absolute Gasteiger partial charge is 0.380 e. The molecule has 7 nitrogen and oxygen atoms in total. The number of aromatic nitrogens is 1. The van der Waals surface area contributed by atoms with E-state index in [0.29, 0.717) is 50.1 Å². The van der Waals surface area contributed by atoms with Gasteiger partial charge in [-0.05, 0) is 48.1 Å². The number of hydrogen-bond acceptors (Lipinski definition) is 4. The van der Waals surface area contributed by atoms with Gasteiger partial charge >= 0.3 is 0 Å². The molecule has 0 bridgehead atoms. The number of nitrogens with one attached hydrogen (secondary N) is 1. The molecule has 2 amide bonds. The van der Waals surface area contributed by atoms with Crippen LogP contribution < -0.4 is 5.56 Å². The molecule has 158 valence electrons. The van der Waals surface area contributed by atoms with Crippen LogP contribution in [0, 0.1) is 0 Å². The fourth-order valence-corrected chi connectivity index (χ4v) is 4.08. The average Bonchev–Trinajstić information content (AvgIpc) is 3.56. The van der Waals surface area contributed by atoms with Gasteiger partial charge in [-0.1, -0.05) is 30.3 Å². The Kier molecular flexibility index (Phi) is 4.63. The standard InChI is InChI=1S/C24H23N3O4/c28-21-19(15-18-3-1-2-4-20(18)25-21)16-5-7-17(8-6-16)22(29)26-11-13-27(14-12-26)23(30)24(31)9-10-24/h1-8,15,31H,9-14H2,(H,25,28). The highest BCUT2D eigenvalue weighted by molar-refractivity contribution is 5.95. The molecule has 3 aromatic rings. The number of para-hydroxylation sites is 1. The lowest BCUT2D eigenvalue weighted by Gasteiger charge is -2.35. The third-order valence-electron chi connectivity index (χ3n) is 6.17. The number of benzene rings is 2. The van der Waals surface area contributed by atoms with Crippen molar-refractivity contribution in [2.75, 3.05) is 26.2 Å². The van der Waals surface area contributed by atoms with E-state index >= 15 is 0 Å². The van der Waals surface area contributed by atoms with Gasteiger partial charge in [0.05, 0.1) is 0 Å². The summed E-state index contributed by atoms with van der Waals surface area (Å²) in [5.74, 6) is -0.319. The lowest BCUT2D eigenvalue weighted by Crippen LogP contribution is -2.53. The molecule has 0 atom stereocenters. The second kappa shape index (κ2) is 7.35. The molecule has 2 heterocycles. The second-order valence-electron chi connectivity index (χ2n) is 8.29. The van der Waals surface area contributed by atoms with Crippen LogP contribution in [0.15, 0.2) is 59.4 Å². The normalized spacial score (nSPS) is 17.6. The molecule has 0 radical (unpaired) electrons. The molecule has 0 spiro atoms. The van der Waals surface area contributed by atoms with Crippen LogP contribution >= 0.6 is 0 Å². The number of H-pyrrole nitrogens is 1. The summed E-state index contributed by atoms with van der Waals surface area (Å²) >= 11 is 0. The molecule has 1 aliphatic carbocycles. The monoisotopic (exact) mass is 417 g/mol. The van der Waals surface area contributed by atoms with Crippen LogP contribution in [0.4, 0.5) is 0 Å². The molecule has 5 rings (SSSR count). The van der Waals surface area contributed by atoms with Crippen molar-refractivity contribution in [3.8, 4) is 11.1 Å². The van der Waals surface area contributed by atoms with Crippen LogP contribution in [-0.4, -0.2) is 63.5 Å². The third kappa shape index (κ3) is 3.61. The molecule has 1 saturated heterocycles. The highest BCUT2D eigenvalue weighted by Gasteiger charge is 2.50. The highest BCUT2D eigenvalue weighted by Crippen LogP contribution is 2.37. The number of amides is 2. The molecule has 2 N–H and O–H groups in total. The third-order valence-corrected chi connectivity index (χ3v) is 6.17. The van der Waals surface area contributed by atoms with Gasteiger partial charge in [-0.25, -0.2) is 0 Å². The minimum absolute atomic E-state index is 0.101. The van der Waals surface area contributed by atoms with Crippen molar-refractivity contribution in [1.29, 1.82) is 0 Å². The van der Waals surface area contributed by atoms with Crippen molar-refractivity contribution in [2.24, 2.45) is 0 Å². The molecular weight excluding hydrogens is 394 g/mol. The van der Waals surface area contributed by atoms with Crippen molar-refractivity contribution in [1.82, 2.24) is 14.8 Å². The summed E-state index contributed by atoms with van der Waals surface area (Å²) in [5, 5.41) is 10.9. The Balaban J connectivity index is 1.29. The molecule has 1 saturated carbocycles. The summed E-state index contributed by atoms with van der Waals surface area (Å²) < 4.78 is 0. The van der Waals surface area contributed by atoms with E-state index in [1.807, 2.05) is 30.3 Å². The van der Waals surface area contributed by atoms with Crippen LogP contribution in [0.25, 0.3) is 22.0 Å². The Morgan fingerprint density at radius 2 is 1.55 bits per heavy atom. The smallest absolute Gasteiger partial charge is 0.256 e. The topological polar surface area (TPSA) is 93.7 Å². The molecule has 2 aliphatic rings. The van der Waals surface area contributed by atoms with Crippen LogP contribution in [0.1, 0.15) is 23.2 Å². The predicted octanol–water partition coefficient (Wildman–Crippen LogP) is 2.00. The fourth-order valence-electron chi connectivity index (χ4n) is 4.08. The molecule has 2 fully saturated rings. The van der Waals surface area contributed by atoms with Gasteiger partial charge in [0.2, 0.25) is 0 Å². The number of carbonyl (C=O) groups excluding carboxylic acids is 2. The summed E-state index contributed by atoms with van der Waals surface area (Å²) in [5.41, 5.74) is 1.30. The van der Waals surface area contributed by atoms with E-state index in [4.69, 9.17) is 0 Å². The number of fused-ring (bicyclic) bond motifs is 1. The SMILES string of the molecule is O=C(c1ccc(-c2cc3ccccc3[nH]c2=O)cc1)N1CCN(C(=O)C2(O)CC2)CC1. The first kappa shape index (κ1) is 19.5. The minimum atomic E-state index is -1.16. The fraction of sp³-hybridized carbons (Fsp3) is 0.292. The van der Waals surface area contributed by atoms with Crippen LogP contribution in [0.2, 0.25) is 0 Å². The number of nitrogens with zero attached hydrogens (tertiary/aromatic N) is 2. The Morgan fingerprint density at radius 3 is 2.23 bits per heavy atom. The minimum Gasteiger partial charge on any atom is -0.380 e. The van der Waals surface area contributed by atoms with Crippen molar-refractivity contribution in [3.05, 3.63) is 70.5 Å². The van der Waals surface area contributed by atoms with Crippen molar-refractivity contribution < 1.29 is 14.7 Å². The van der Waals surface area contributed by atoms with Gasteiger partial charge < -0.3 is 19.9 Å². The Morgan fingerprint density at radius 1 is 0.903 bits per heavy atom. The van der Waals surface area contributed by atoms with E-state index in [1.54, 1.807) is 34.1 Å². The Labute approximate surface area is 178 Å². The van der Waals surface area contributed by atoms with Crippen molar-refractivity contribution in [3.63, 3.8) is 0 Å². The first-order valence-corrected chi connectivity index (χ1v) is 10.5. The maximum atomic E-state index is 12.9. The first-order valence-electron chi connectivity index (χ1n) is 10.5. The second-order valence-corrected chi connectivity index (χ2v) is 8.29. The molecule has 2 aromatic carbocycles. The van der Waals surface area contributed by atoms with Gasteiger partial charge in [0.15, 0.2) is 0 Å². The molecule has 0 unspecified atom stereocenters. The van der Waals surface area contributed by atoms with Crippen LogP contribution in [-0.2, 0) is 4.79 Å². The van der Waals surface area contributed by atoms with Gasteiger partial charge in [0.25, 0.3) is 17.4 Å². The summed E-state index contributed by atoms with van der Waals surface area (Å²) in [6.07, 6.45) is 1.05. The first-order chi connectivity index (χ1) is 14.9. The van der Waals surface area contributed by atoms with E-state index in [-0.39, 0.29) is 17.4 Å². The number of aromatic amines is 1. The summed E-state index contributed by atoms with van der Waals surface area (Å²) in [6.45, 7) is 1.73. The quantitative estimate of drug-likeness (QED) is 0.682. The predicted molar refractivity (Wildman–Crippen MR) is 117 cm³/mol. The van der Waals surface area contributed by atoms with Gasteiger partial charge in [-0.15, -0.1) is 0 Å². The summed E-state index contributed by atoms with van der Waals surface area (Å²) in [6, 6.07) is 16.5. The number of pyridine rings is 1. The van der Waals surface area contributed by atoms with E-state index in [2.05, 4.69) is 4.98 Å². The zero-order chi connectivity index (χ0) is 21.6. The number of piperazine rings is 1. The lowest BCUT2D eigenvalue weighted by atomic mass is 10.0. The Hall–Kier alpha value is -3.45. The van der Waals surface area contributed by atoms with E-state index in [0.717, 1.165) is 16.5 Å². The van der Waals surface area contributed by atoms with Gasteiger partial charge in [0, 0.05) is 42.8 Å². The van der Waals surface area contributed by atoms with Crippen LogP contribution in [0.5, 0.6) is 0 Å². The number of aliphatic hydroxyl groups is 1. The average molecular weight is 417 g/mol. The molecule has 1 aliphatic heterocycles. The van der Waals surface area contributed by atoms with Crippen molar-refractivity contribution in [2.45, 2.75) is 18.4 Å². The highest BCUT2D eigenvalue weighted by atomic mass is 16.3. The lowest BCUT2D eigenvalue weighted by molar-refractivity contribution is -0.143. The van der Waals surface area contributed by atoms with Crippen LogP contribution in [0.3, 0.4) is 0 Å². The zero-order valence-electron chi connectivity index (χ0n) is 17.0. The molecule has 7 heteroatoms. The van der Waals surface area contributed by atoms with Gasteiger partial charge in [-0.3, -0.25) is 14.4 Å². The van der Waals surface area contributed by atoms with Gasteiger partial charge in [0.1, 0.15) is 5.60 Å². The van der Waals surface area contributed by atoms with E-state index < -0.39 is 5.60 Å².